The normalized spacial score (nSPS) is 12.6. The molecule has 0 fully saturated rings. The molecule has 0 bridgehead atoms. The molecule has 0 aliphatic rings. The van der Waals surface area contributed by atoms with Gasteiger partial charge in [-0.3, -0.25) is 0 Å². The Kier molecular flexibility index (Phi) is 31.3. The Hall–Kier alpha value is 1.03. The van der Waals surface area contributed by atoms with Crippen molar-refractivity contribution in [1.29, 1.82) is 0 Å². The van der Waals surface area contributed by atoms with Gasteiger partial charge in [-0.1, -0.05) is 0 Å². The molecule has 3 nitrogen and oxygen atoms in total. The molecule has 0 aromatic heterocycles. The molecule has 0 spiro atoms. The molecule has 0 aliphatic heterocycles. The molecule has 1 unspecified atom stereocenters. The van der Waals surface area contributed by atoms with Crippen LogP contribution in [0.1, 0.15) is 189 Å². The molecular formula is C34H72O3Sn2. The van der Waals surface area contributed by atoms with Crippen molar-refractivity contribution < 1.29 is 9.28 Å². The Balaban J connectivity index is 5.37. The van der Waals surface area contributed by atoms with Crippen molar-refractivity contribution in [2.75, 3.05) is 0 Å². The summed E-state index contributed by atoms with van der Waals surface area (Å²) in [7, 11) is 0. The molecule has 0 aromatic carbocycles. The zero-order valence-corrected chi connectivity index (χ0v) is 33.8. The van der Waals surface area contributed by atoms with Gasteiger partial charge in [-0.05, 0) is 0 Å². The molecule has 0 saturated heterocycles. The van der Waals surface area contributed by atoms with Gasteiger partial charge in [0, 0.05) is 0 Å². The van der Waals surface area contributed by atoms with Crippen LogP contribution in [0.3, 0.4) is 0 Å². The Bertz CT molecular complexity index is 474. The van der Waals surface area contributed by atoms with Crippen molar-refractivity contribution in [1.82, 2.24) is 0 Å². The average Bonchev–Trinajstić information content (AvgIpc) is 2.91. The van der Waals surface area contributed by atoms with Crippen LogP contribution >= 0.6 is 0 Å². The van der Waals surface area contributed by atoms with Gasteiger partial charge >= 0.3 is 261 Å². The molecule has 0 aliphatic carbocycles. The van der Waals surface area contributed by atoms with Crippen LogP contribution in [0.25, 0.3) is 0 Å². The number of hydrogen-bond donors (Lipinski definition) is 0. The number of carbonyl (C=O) groups excluding carboxylic acids is 1. The second-order valence-corrected chi connectivity index (χ2v) is 33.4. The van der Waals surface area contributed by atoms with Crippen LogP contribution in [0.4, 0.5) is 0 Å². The number of rotatable bonds is 31. The molecule has 5 heteroatoms. The van der Waals surface area contributed by atoms with E-state index in [-0.39, 0.29) is 5.97 Å². The zero-order chi connectivity index (χ0) is 28.9. The molecule has 0 amide bonds. The van der Waals surface area contributed by atoms with Crippen LogP contribution in [-0.4, -0.2) is 45.3 Å². The summed E-state index contributed by atoms with van der Waals surface area (Å²) >= 11 is -5.63. The summed E-state index contributed by atoms with van der Waals surface area (Å²) in [5.41, 5.74) is 0. The van der Waals surface area contributed by atoms with Gasteiger partial charge in [0.05, 0.1) is 0 Å². The van der Waals surface area contributed by atoms with Crippen molar-refractivity contribution in [2.24, 2.45) is 0 Å². The first-order valence-corrected chi connectivity index (χ1v) is 30.1. The molecular weight excluding hydrogens is 694 g/mol. The van der Waals surface area contributed by atoms with Gasteiger partial charge in [0.1, 0.15) is 0 Å². The van der Waals surface area contributed by atoms with E-state index >= 15 is 0 Å². The quantitative estimate of drug-likeness (QED) is 0.0521. The van der Waals surface area contributed by atoms with Crippen LogP contribution in [0.5, 0.6) is 0 Å². The standard InChI is InChI=1S/4C8H17.C2H4O2.O.2Sn.H/c4*1-3-5-7-8-6-4-2;1-2(3)4;;;;/h4*1,3-8H2,2H3;1H3,(H,3,4);;;;/q;;;;;;;+1;/p-1. The van der Waals surface area contributed by atoms with Crippen LogP contribution in [-0.2, 0) is 9.28 Å². The van der Waals surface area contributed by atoms with E-state index < -0.39 is 39.4 Å². The fourth-order valence-corrected chi connectivity index (χ4v) is 42.6. The predicted octanol–water partition coefficient (Wildman–Crippen LogP) is 12.2. The Morgan fingerprint density at radius 2 is 0.795 bits per heavy atom. The van der Waals surface area contributed by atoms with Crippen molar-refractivity contribution in [3.8, 4) is 0 Å². The van der Waals surface area contributed by atoms with Gasteiger partial charge in [-0.15, -0.1) is 0 Å². The van der Waals surface area contributed by atoms with Crippen LogP contribution < -0.4 is 0 Å². The van der Waals surface area contributed by atoms with Gasteiger partial charge in [-0.2, -0.15) is 0 Å². The average molecular weight is 766 g/mol. The molecule has 0 heterocycles. The van der Waals surface area contributed by atoms with Gasteiger partial charge in [0.2, 0.25) is 0 Å². The monoisotopic (exact) mass is 768 g/mol. The van der Waals surface area contributed by atoms with Crippen molar-refractivity contribution in [3.05, 3.63) is 0 Å². The van der Waals surface area contributed by atoms with Crippen molar-refractivity contribution >= 4 is 45.3 Å². The molecule has 0 aromatic rings. The first kappa shape index (κ1) is 40.0. The first-order valence-electron chi connectivity index (χ1n) is 17.9. The van der Waals surface area contributed by atoms with Crippen LogP contribution in [0, 0.1) is 0 Å². The first-order chi connectivity index (χ1) is 19.0. The van der Waals surface area contributed by atoms with E-state index in [0.29, 0.717) is 0 Å². The zero-order valence-electron chi connectivity index (χ0n) is 27.6. The fraction of sp³-hybridized carbons (Fsp3) is 0.971. The van der Waals surface area contributed by atoms with Crippen molar-refractivity contribution in [3.63, 3.8) is 0 Å². The summed E-state index contributed by atoms with van der Waals surface area (Å²) in [5, 5.41) is 0. The third kappa shape index (κ3) is 26.4. The maximum atomic E-state index is 12.2. The maximum absolute atomic E-state index is 12.2. The molecule has 1 atom stereocenters. The second kappa shape index (κ2) is 30.5. The van der Waals surface area contributed by atoms with Crippen LogP contribution in [0.15, 0.2) is 0 Å². The summed E-state index contributed by atoms with van der Waals surface area (Å²) in [4.78, 5) is 12.2. The predicted molar refractivity (Wildman–Crippen MR) is 178 cm³/mol. The number of unbranched alkanes of at least 4 members (excludes halogenated alkanes) is 20. The Labute approximate surface area is 259 Å². The summed E-state index contributed by atoms with van der Waals surface area (Å²) in [6, 6.07) is 0. The van der Waals surface area contributed by atoms with E-state index in [2.05, 4.69) is 27.7 Å². The van der Waals surface area contributed by atoms with Gasteiger partial charge in [0.25, 0.3) is 0 Å². The van der Waals surface area contributed by atoms with Gasteiger partial charge in [0.15, 0.2) is 0 Å². The summed E-state index contributed by atoms with van der Waals surface area (Å²) in [5.74, 6) is -0.0688. The minimum atomic E-state index is -2.84. The van der Waals surface area contributed by atoms with E-state index in [0.717, 1.165) is 4.44 Å². The summed E-state index contributed by atoms with van der Waals surface area (Å²) < 4.78 is 18.8. The molecule has 234 valence electrons. The van der Waals surface area contributed by atoms with E-state index in [9.17, 15) is 4.79 Å². The number of carbonyl (C=O) groups is 1. The summed E-state index contributed by atoms with van der Waals surface area (Å²) in [6.45, 7) is 10.8. The SMILES string of the molecule is CCCCCCC[CH2][SnH]([O]C(C)=O)[O][Sn]([CH2]CCCCCCC)([CH2]CCCCCCC)[CH2]CCCCCCC. The fourth-order valence-electron chi connectivity index (χ4n) is 5.93. The molecule has 0 rings (SSSR count). The Morgan fingerprint density at radius 1 is 0.487 bits per heavy atom. The van der Waals surface area contributed by atoms with E-state index in [1.165, 1.54) is 167 Å². The Morgan fingerprint density at radius 3 is 1.13 bits per heavy atom. The van der Waals surface area contributed by atoms with Crippen LogP contribution in [0.2, 0.25) is 17.7 Å². The van der Waals surface area contributed by atoms with E-state index in [1.54, 1.807) is 6.92 Å². The van der Waals surface area contributed by atoms with E-state index in [1.807, 2.05) is 0 Å². The van der Waals surface area contributed by atoms with Gasteiger partial charge in [-0.25, -0.2) is 0 Å². The molecule has 0 saturated carbocycles. The minimum absolute atomic E-state index is 0.0688. The molecule has 0 N–H and O–H groups in total. The topological polar surface area (TPSA) is 35.5 Å². The van der Waals surface area contributed by atoms with E-state index in [4.69, 9.17) is 4.49 Å². The summed E-state index contributed by atoms with van der Waals surface area (Å²) in [6.07, 6.45) is 32.5. The third-order valence-corrected chi connectivity index (χ3v) is 40.3. The molecule has 0 radical (unpaired) electrons. The van der Waals surface area contributed by atoms with Gasteiger partial charge < -0.3 is 0 Å². The second-order valence-electron chi connectivity index (χ2n) is 12.4. The molecule has 39 heavy (non-hydrogen) atoms. The number of hydrogen-bond acceptors (Lipinski definition) is 3. The third-order valence-electron chi connectivity index (χ3n) is 8.43. The van der Waals surface area contributed by atoms with Crippen molar-refractivity contribution in [2.45, 2.75) is 206 Å².